The smallest absolute Gasteiger partial charge is 0.258 e. The van der Waals surface area contributed by atoms with E-state index in [1.165, 1.54) is 0 Å². The molecular formula is C12H8BrIN2O. The van der Waals surface area contributed by atoms with Crippen LogP contribution in [0.3, 0.4) is 0 Å². The van der Waals surface area contributed by atoms with Gasteiger partial charge in [-0.1, -0.05) is 12.1 Å². The number of para-hydroxylation sites is 1. The second-order valence-corrected chi connectivity index (χ2v) is 5.19. The number of hydrogen-bond donors (Lipinski definition) is 1. The van der Waals surface area contributed by atoms with E-state index < -0.39 is 0 Å². The minimum atomic E-state index is -0.172. The predicted molar refractivity (Wildman–Crippen MR) is 79.0 cm³/mol. The molecule has 0 aliphatic heterocycles. The fourth-order valence-corrected chi connectivity index (χ4v) is 2.26. The van der Waals surface area contributed by atoms with E-state index in [-0.39, 0.29) is 5.91 Å². The van der Waals surface area contributed by atoms with Gasteiger partial charge in [-0.15, -0.1) is 0 Å². The molecule has 1 aromatic carbocycles. The van der Waals surface area contributed by atoms with E-state index >= 15 is 0 Å². The van der Waals surface area contributed by atoms with Crippen LogP contribution < -0.4 is 5.32 Å². The van der Waals surface area contributed by atoms with Crippen LogP contribution in [0.1, 0.15) is 10.4 Å². The van der Waals surface area contributed by atoms with Crippen molar-refractivity contribution in [2.24, 2.45) is 0 Å². The minimum absolute atomic E-state index is 0.172. The Morgan fingerprint density at radius 2 is 2.00 bits per heavy atom. The van der Waals surface area contributed by atoms with Crippen molar-refractivity contribution in [2.75, 3.05) is 5.32 Å². The monoisotopic (exact) mass is 402 g/mol. The van der Waals surface area contributed by atoms with Crippen molar-refractivity contribution in [2.45, 2.75) is 0 Å². The van der Waals surface area contributed by atoms with Crippen LogP contribution in [-0.4, -0.2) is 10.9 Å². The third kappa shape index (κ3) is 3.04. The van der Waals surface area contributed by atoms with Gasteiger partial charge in [-0.3, -0.25) is 4.79 Å². The largest absolute Gasteiger partial charge is 0.321 e. The van der Waals surface area contributed by atoms with E-state index in [2.05, 4.69) is 48.8 Å². The number of nitrogens with one attached hydrogen (secondary N) is 1. The van der Waals surface area contributed by atoms with Crippen molar-refractivity contribution in [1.82, 2.24) is 4.98 Å². The summed E-state index contributed by atoms with van der Waals surface area (Å²) in [5.41, 5.74) is 1.32. The maximum absolute atomic E-state index is 12.0. The number of anilines is 1. The SMILES string of the molecule is O=C(Nc1ccccc1I)c1cccnc1Br. The zero-order chi connectivity index (χ0) is 12.3. The number of halogens is 2. The summed E-state index contributed by atoms with van der Waals surface area (Å²) in [5.74, 6) is -0.172. The van der Waals surface area contributed by atoms with Gasteiger partial charge in [0.05, 0.1) is 11.3 Å². The quantitative estimate of drug-likeness (QED) is 0.614. The molecular weight excluding hydrogens is 395 g/mol. The van der Waals surface area contributed by atoms with Gasteiger partial charge in [-0.05, 0) is 62.8 Å². The van der Waals surface area contributed by atoms with E-state index in [9.17, 15) is 4.79 Å². The lowest BCUT2D eigenvalue weighted by Crippen LogP contribution is -2.13. The molecule has 1 heterocycles. The zero-order valence-corrected chi connectivity index (χ0v) is 12.4. The van der Waals surface area contributed by atoms with Gasteiger partial charge >= 0.3 is 0 Å². The molecule has 2 aromatic rings. The van der Waals surface area contributed by atoms with Crippen LogP contribution in [0.5, 0.6) is 0 Å². The van der Waals surface area contributed by atoms with Crippen LogP contribution >= 0.6 is 38.5 Å². The molecule has 1 amide bonds. The van der Waals surface area contributed by atoms with Crippen molar-refractivity contribution >= 4 is 50.1 Å². The average molecular weight is 403 g/mol. The Bertz CT molecular complexity index is 560. The summed E-state index contributed by atoms with van der Waals surface area (Å²) in [7, 11) is 0. The first-order valence-corrected chi connectivity index (χ1v) is 6.72. The average Bonchev–Trinajstić information content (AvgIpc) is 2.32. The Kier molecular flexibility index (Phi) is 4.11. The van der Waals surface area contributed by atoms with Crippen LogP contribution in [0.4, 0.5) is 5.69 Å². The number of nitrogens with zero attached hydrogens (tertiary/aromatic N) is 1. The molecule has 0 unspecified atom stereocenters. The van der Waals surface area contributed by atoms with Crippen molar-refractivity contribution in [3.8, 4) is 0 Å². The molecule has 17 heavy (non-hydrogen) atoms. The fourth-order valence-electron chi connectivity index (χ4n) is 1.31. The summed E-state index contributed by atoms with van der Waals surface area (Å²) in [6.07, 6.45) is 1.63. The predicted octanol–water partition coefficient (Wildman–Crippen LogP) is 3.70. The maximum atomic E-state index is 12.0. The van der Waals surface area contributed by atoms with Crippen LogP contribution in [0.2, 0.25) is 0 Å². The van der Waals surface area contributed by atoms with Crippen LogP contribution in [0.15, 0.2) is 47.2 Å². The van der Waals surface area contributed by atoms with Crippen molar-refractivity contribution in [3.63, 3.8) is 0 Å². The maximum Gasteiger partial charge on any atom is 0.258 e. The lowest BCUT2D eigenvalue weighted by Gasteiger charge is -2.07. The number of hydrogen-bond acceptors (Lipinski definition) is 2. The number of pyridine rings is 1. The molecule has 0 spiro atoms. The second kappa shape index (κ2) is 5.59. The van der Waals surface area contributed by atoms with Gasteiger partial charge in [0.25, 0.3) is 5.91 Å². The Hall–Kier alpha value is -0.950. The Labute approximate surface area is 121 Å². The third-order valence-corrected chi connectivity index (χ3v) is 3.70. The normalized spacial score (nSPS) is 10.0. The number of carbonyl (C=O) groups excluding carboxylic acids is 1. The van der Waals surface area contributed by atoms with E-state index in [4.69, 9.17) is 0 Å². The topological polar surface area (TPSA) is 42.0 Å². The van der Waals surface area contributed by atoms with E-state index in [0.29, 0.717) is 10.2 Å². The summed E-state index contributed by atoms with van der Waals surface area (Å²) < 4.78 is 1.54. The Balaban J connectivity index is 2.24. The Morgan fingerprint density at radius 1 is 1.24 bits per heavy atom. The molecule has 86 valence electrons. The molecule has 0 saturated carbocycles. The molecule has 1 N–H and O–H groups in total. The highest BCUT2D eigenvalue weighted by atomic mass is 127. The number of carbonyl (C=O) groups is 1. The molecule has 0 radical (unpaired) electrons. The highest BCUT2D eigenvalue weighted by Gasteiger charge is 2.11. The molecule has 0 aliphatic rings. The van der Waals surface area contributed by atoms with E-state index in [1.54, 1.807) is 18.3 Å². The van der Waals surface area contributed by atoms with E-state index in [0.717, 1.165) is 9.26 Å². The summed E-state index contributed by atoms with van der Waals surface area (Å²) >= 11 is 5.43. The molecule has 0 bridgehead atoms. The highest BCUT2D eigenvalue weighted by Crippen LogP contribution is 2.19. The molecule has 0 saturated heterocycles. The van der Waals surface area contributed by atoms with Crippen molar-refractivity contribution in [3.05, 3.63) is 56.3 Å². The van der Waals surface area contributed by atoms with Crippen LogP contribution in [-0.2, 0) is 0 Å². The summed E-state index contributed by atoms with van der Waals surface area (Å²) in [4.78, 5) is 16.0. The number of aromatic nitrogens is 1. The fraction of sp³-hybridized carbons (Fsp3) is 0. The van der Waals surface area contributed by atoms with Gasteiger partial charge in [0.1, 0.15) is 4.60 Å². The number of rotatable bonds is 2. The lowest BCUT2D eigenvalue weighted by molar-refractivity contribution is 0.102. The van der Waals surface area contributed by atoms with Gasteiger partial charge in [-0.2, -0.15) is 0 Å². The second-order valence-electron chi connectivity index (χ2n) is 3.28. The summed E-state index contributed by atoms with van der Waals surface area (Å²) in [6, 6.07) is 11.1. The first-order valence-electron chi connectivity index (χ1n) is 4.85. The number of amides is 1. The molecule has 0 aliphatic carbocycles. The highest BCUT2D eigenvalue weighted by molar-refractivity contribution is 14.1. The van der Waals surface area contributed by atoms with Gasteiger partial charge in [0.15, 0.2) is 0 Å². The van der Waals surface area contributed by atoms with Crippen LogP contribution in [0.25, 0.3) is 0 Å². The summed E-state index contributed by atoms with van der Waals surface area (Å²) in [5, 5.41) is 2.85. The molecule has 3 nitrogen and oxygen atoms in total. The molecule has 5 heteroatoms. The first-order chi connectivity index (χ1) is 8.18. The summed E-state index contributed by atoms with van der Waals surface area (Å²) in [6.45, 7) is 0. The number of benzene rings is 1. The van der Waals surface area contributed by atoms with Crippen molar-refractivity contribution < 1.29 is 4.79 Å². The zero-order valence-electron chi connectivity index (χ0n) is 8.65. The van der Waals surface area contributed by atoms with E-state index in [1.807, 2.05) is 24.3 Å². The lowest BCUT2D eigenvalue weighted by atomic mass is 10.2. The molecule has 0 atom stereocenters. The van der Waals surface area contributed by atoms with Crippen molar-refractivity contribution in [1.29, 1.82) is 0 Å². The Morgan fingerprint density at radius 3 is 2.71 bits per heavy atom. The van der Waals surface area contributed by atoms with Gasteiger partial charge in [0, 0.05) is 9.77 Å². The standard InChI is InChI=1S/C12H8BrIN2O/c13-11-8(4-3-7-15-11)12(17)16-10-6-2-1-5-9(10)14/h1-7H,(H,16,17). The van der Waals surface area contributed by atoms with Gasteiger partial charge in [-0.25, -0.2) is 4.98 Å². The molecule has 0 fully saturated rings. The van der Waals surface area contributed by atoms with Gasteiger partial charge < -0.3 is 5.32 Å². The van der Waals surface area contributed by atoms with Crippen LogP contribution in [0, 0.1) is 3.57 Å². The van der Waals surface area contributed by atoms with Gasteiger partial charge in [0.2, 0.25) is 0 Å². The molecule has 2 rings (SSSR count). The minimum Gasteiger partial charge on any atom is -0.321 e. The molecule has 1 aromatic heterocycles. The third-order valence-electron chi connectivity index (χ3n) is 2.13. The first kappa shape index (κ1) is 12.5.